The van der Waals surface area contributed by atoms with Gasteiger partial charge in [0, 0.05) is 4.88 Å². The van der Waals surface area contributed by atoms with Crippen LogP contribution in [0.3, 0.4) is 0 Å². The van der Waals surface area contributed by atoms with Crippen LogP contribution < -0.4 is 5.32 Å². The third kappa shape index (κ3) is 3.78. The number of thiophene rings is 1. The Bertz CT molecular complexity index is 1340. The number of para-hydroxylation sites is 2. The van der Waals surface area contributed by atoms with E-state index in [0.29, 0.717) is 17.0 Å². The van der Waals surface area contributed by atoms with Crippen molar-refractivity contribution < 1.29 is 4.79 Å². The van der Waals surface area contributed by atoms with Crippen molar-refractivity contribution in [3.8, 4) is 5.00 Å². The van der Waals surface area contributed by atoms with Gasteiger partial charge in [-0.25, -0.2) is 4.98 Å². The highest BCUT2D eigenvalue weighted by atomic mass is 32.1. The molecule has 8 nitrogen and oxygen atoms in total. The number of aromatic nitrogens is 6. The van der Waals surface area contributed by atoms with Crippen molar-refractivity contribution in [1.29, 1.82) is 0 Å². The van der Waals surface area contributed by atoms with E-state index in [1.165, 1.54) is 22.3 Å². The Labute approximate surface area is 188 Å². The maximum atomic E-state index is 13.6. The first-order valence-corrected chi connectivity index (χ1v) is 11.0. The molecule has 0 aliphatic rings. The highest BCUT2D eigenvalue weighted by Crippen LogP contribution is 2.31. The zero-order valence-electron chi connectivity index (χ0n) is 17.6. The Balaban J connectivity index is 1.52. The molecular weight excluding hydrogens is 422 g/mol. The van der Waals surface area contributed by atoms with Gasteiger partial charge in [-0.15, -0.1) is 16.4 Å². The number of amides is 1. The van der Waals surface area contributed by atoms with Gasteiger partial charge in [0.2, 0.25) is 0 Å². The quantitative estimate of drug-likeness (QED) is 0.414. The normalized spacial score (nSPS) is 12.2. The average Bonchev–Trinajstić information content (AvgIpc) is 3.53. The minimum absolute atomic E-state index is 0.182. The molecular formula is C23H21N7OS. The highest BCUT2D eigenvalue weighted by molar-refractivity contribution is 7.15. The number of nitrogens with one attached hydrogen (secondary N) is 2. The third-order valence-corrected chi connectivity index (χ3v) is 6.67. The molecule has 1 unspecified atom stereocenters. The van der Waals surface area contributed by atoms with Crippen LogP contribution in [0.1, 0.15) is 38.2 Å². The Morgan fingerprint density at radius 3 is 2.66 bits per heavy atom. The first-order chi connectivity index (χ1) is 15.6. The molecule has 32 heavy (non-hydrogen) atoms. The summed E-state index contributed by atoms with van der Waals surface area (Å²) in [4.78, 5) is 22.7. The first-order valence-electron chi connectivity index (χ1n) is 10.2. The van der Waals surface area contributed by atoms with Gasteiger partial charge < -0.3 is 10.3 Å². The molecule has 1 amide bonds. The van der Waals surface area contributed by atoms with E-state index < -0.39 is 0 Å². The van der Waals surface area contributed by atoms with Gasteiger partial charge in [-0.2, -0.15) is 4.68 Å². The first kappa shape index (κ1) is 20.1. The zero-order valence-corrected chi connectivity index (χ0v) is 18.4. The molecule has 0 aliphatic heterocycles. The van der Waals surface area contributed by atoms with E-state index in [1.807, 2.05) is 68.4 Å². The molecule has 2 aromatic carbocycles. The van der Waals surface area contributed by atoms with Crippen LogP contribution in [0.25, 0.3) is 16.0 Å². The Kier molecular flexibility index (Phi) is 5.24. The smallest absolute Gasteiger partial charge is 0.255 e. The molecule has 0 spiro atoms. The molecule has 0 fully saturated rings. The predicted molar refractivity (Wildman–Crippen MR) is 123 cm³/mol. The average molecular weight is 444 g/mol. The van der Waals surface area contributed by atoms with Crippen LogP contribution in [-0.2, 0) is 6.42 Å². The number of hydrogen-bond acceptors (Lipinski definition) is 6. The van der Waals surface area contributed by atoms with E-state index in [4.69, 9.17) is 4.98 Å². The summed E-state index contributed by atoms with van der Waals surface area (Å²) in [5.41, 5.74) is 4.41. The van der Waals surface area contributed by atoms with Crippen LogP contribution in [0.15, 0.2) is 60.9 Å². The lowest BCUT2D eigenvalue weighted by Crippen LogP contribution is -2.31. The van der Waals surface area contributed by atoms with Gasteiger partial charge >= 0.3 is 0 Å². The summed E-state index contributed by atoms with van der Waals surface area (Å²) in [6, 6.07) is 17.6. The largest absolute Gasteiger partial charge is 0.342 e. The molecule has 1 atom stereocenters. The number of tetrazole rings is 1. The lowest BCUT2D eigenvalue weighted by molar-refractivity contribution is 0.0934. The lowest BCUT2D eigenvalue weighted by atomic mass is 10.0. The van der Waals surface area contributed by atoms with Crippen molar-refractivity contribution in [2.24, 2.45) is 0 Å². The lowest BCUT2D eigenvalue weighted by Gasteiger charge is -2.18. The number of carbonyl (C=O) groups excluding carboxylic acids is 1. The summed E-state index contributed by atoms with van der Waals surface area (Å²) in [5.74, 6) is 0.538. The summed E-state index contributed by atoms with van der Waals surface area (Å²) < 4.78 is 1.53. The second kappa shape index (κ2) is 8.35. The van der Waals surface area contributed by atoms with Gasteiger partial charge in [0.15, 0.2) is 0 Å². The number of hydrogen-bond donors (Lipinski definition) is 2. The number of carbonyl (C=O) groups is 1. The maximum Gasteiger partial charge on any atom is 0.255 e. The van der Waals surface area contributed by atoms with Crippen LogP contribution in [0.2, 0.25) is 0 Å². The van der Waals surface area contributed by atoms with E-state index in [0.717, 1.165) is 32.9 Å². The molecule has 0 bridgehead atoms. The third-order valence-electron chi connectivity index (χ3n) is 5.48. The van der Waals surface area contributed by atoms with E-state index in [2.05, 4.69) is 25.8 Å². The molecule has 0 saturated carbocycles. The number of benzene rings is 2. The second-order valence-electron chi connectivity index (χ2n) is 7.57. The zero-order chi connectivity index (χ0) is 22.1. The van der Waals surface area contributed by atoms with Gasteiger partial charge in [0.25, 0.3) is 5.91 Å². The topological polar surface area (TPSA) is 101 Å². The summed E-state index contributed by atoms with van der Waals surface area (Å²) in [5, 5.41) is 15.3. The van der Waals surface area contributed by atoms with Crippen molar-refractivity contribution in [1.82, 2.24) is 35.5 Å². The van der Waals surface area contributed by atoms with Crippen LogP contribution in [0, 0.1) is 13.8 Å². The molecule has 160 valence electrons. The molecule has 3 aromatic heterocycles. The van der Waals surface area contributed by atoms with Gasteiger partial charge in [-0.05, 0) is 54.0 Å². The molecule has 3 heterocycles. The molecule has 0 radical (unpaired) electrons. The number of rotatable bonds is 6. The fourth-order valence-corrected chi connectivity index (χ4v) is 4.80. The van der Waals surface area contributed by atoms with Crippen molar-refractivity contribution in [2.75, 3.05) is 0 Å². The summed E-state index contributed by atoms with van der Waals surface area (Å²) >= 11 is 1.49. The number of aromatic amines is 1. The minimum Gasteiger partial charge on any atom is -0.342 e. The van der Waals surface area contributed by atoms with Gasteiger partial charge in [-0.3, -0.25) is 4.79 Å². The maximum absolute atomic E-state index is 13.6. The number of H-pyrrole nitrogens is 1. The van der Waals surface area contributed by atoms with E-state index in [1.54, 1.807) is 0 Å². The molecule has 9 heteroatoms. The monoisotopic (exact) mass is 443 g/mol. The summed E-state index contributed by atoms with van der Waals surface area (Å²) in [6.07, 6.45) is 2.11. The van der Waals surface area contributed by atoms with Crippen molar-refractivity contribution in [2.45, 2.75) is 26.3 Å². The summed E-state index contributed by atoms with van der Waals surface area (Å²) in [7, 11) is 0. The van der Waals surface area contributed by atoms with E-state index in [-0.39, 0.29) is 11.9 Å². The van der Waals surface area contributed by atoms with Crippen molar-refractivity contribution in [3.05, 3.63) is 88.3 Å². The Morgan fingerprint density at radius 2 is 1.91 bits per heavy atom. The number of nitrogens with zero attached hydrogens (tertiary/aromatic N) is 5. The number of fused-ring (bicyclic) bond motifs is 1. The van der Waals surface area contributed by atoms with Gasteiger partial charge in [0.1, 0.15) is 17.2 Å². The SMILES string of the molecule is Cc1sc(-n2cnnn2)c(C(=O)NC(Cc2ccccc2)c2nc3ccccc3[nH]2)c1C. The second-order valence-corrected chi connectivity index (χ2v) is 8.78. The van der Waals surface area contributed by atoms with Crippen LogP contribution in [0.4, 0.5) is 0 Å². The van der Waals surface area contributed by atoms with E-state index in [9.17, 15) is 4.79 Å². The minimum atomic E-state index is -0.335. The van der Waals surface area contributed by atoms with Gasteiger partial charge in [0.05, 0.1) is 22.6 Å². The molecule has 2 N–H and O–H groups in total. The number of aryl methyl sites for hydroxylation is 1. The van der Waals surface area contributed by atoms with Crippen LogP contribution in [-0.4, -0.2) is 36.1 Å². The predicted octanol–water partition coefficient (Wildman–Crippen LogP) is 3.93. The Hall–Kier alpha value is -3.85. The van der Waals surface area contributed by atoms with Crippen LogP contribution in [0.5, 0.6) is 0 Å². The molecule has 0 aliphatic carbocycles. The number of imidazole rings is 1. The van der Waals surface area contributed by atoms with Crippen molar-refractivity contribution >= 4 is 28.3 Å². The van der Waals surface area contributed by atoms with E-state index >= 15 is 0 Å². The fraction of sp³-hybridized carbons (Fsp3) is 0.174. The molecule has 5 rings (SSSR count). The highest BCUT2D eigenvalue weighted by Gasteiger charge is 2.26. The van der Waals surface area contributed by atoms with Crippen LogP contribution >= 0.6 is 11.3 Å². The fourth-order valence-electron chi connectivity index (χ4n) is 3.73. The molecule has 0 saturated heterocycles. The van der Waals surface area contributed by atoms with Gasteiger partial charge in [-0.1, -0.05) is 42.5 Å². The van der Waals surface area contributed by atoms with Crippen molar-refractivity contribution in [3.63, 3.8) is 0 Å². The Morgan fingerprint density at radius 1 is 1.12 bits per heavy atom. The summed E-state index contributed by atoms with van der Waals surface area (Å²) in [6.45, 7) is 3.94. The standard InChI is InChI=1S/C23H21N7OS/c1-14-15(2)32-23(30-13-24-28-29-30)20(14)22(31)27-19(12-16-8-4-3-5-9-16)21-25-17-10-6-7-11-18(17)26-21/h3-11,13,19H,12H2,1-2H3,(H,25,26)(H,27,31). The molecule has 5 aromatic rings.